The zero-order valence-electron chi connectivity index (χ0n) is 60.3. The Morgan fingerprint density at radius 1 is 0.429 bits per heavy atom. The van der Waals surface area contributed by atoms with Gasteiger partial charge >= 0.3 is 82.8 Å². The highest BCUT2D eigenvalue weighted by atomic mass is 32.2. The van der Waals surface area contributed by atoms with Crippen LogP contribution in [0.5, 0.6) is 0 Å². The molecule has 9 aliphatic carbocycles. The monoisotopic (exact) mass is 1720 g/mol. The summed E-state index contributed by atoms with van der Waals surface area (Å²) in [6.45, 7) is 18.8. The molecular weight excluding hydrogens is 1600 g/mol. The summed E-state index contributed by atoms with van der Waals surface area (Å²) in [4.78, 5) is 35.7. The number of aliphatic hydroxyl groups is 4. The third-order valence-corrected chi connectivity index (χ3v) is 25.5. The molecule has 5 N–H and O–H groups in total. The van der Waals surface area contributed by atoms with Gasteiger partial charge in [0.15, 0.2) is 0 Å². The quantitative estimate of drug-likeness (QED) is 0.0556. The molecule has 670 valence electrons. The lowest BCUT2D eigenvalue weighted by molar-refractivity contribution is -0.405. The van der Waals surface area contributed by atoms with Crippen molar-refractivity contribution in [3.63, 3.8) is 0 Å². The fourth-order valence-electron chi connectivity index (χ4n) is 16.9. The van der Waals surface area contributed by atoms with Crippen LogP contribution in [-0.2, 0) is 38.6 Å². The zero-order chi connectivity index (χ0) is 83.7. The minimum Gasteiger partial charge on any atom is -0.469 e. The predicted molar refractivity (Wildman–Crippen MR) is 357 cm³/mol. The number of sulfonamides is 1. The Kier molecular flexibility index (Phi) is 35.9. The molecule has 8 bridgehead atoms. The van der Waals surface area contributed by atoms with Crippen molar-refractivity contribution in [2.24, 2.45) is 87.3 Å². The molecule has 12 atom stereocenters. The number of hydrogen-bond acceptors (Lipinski definition) is 12. The van der Waals surface area contributed by atoms with Crippen LogP contribution >= 0.6 is 0 Å². The molecule has 0 aromatic heterocycles. The third-order valence-electron chi connectivity index (χ3n) is 24.2. The largest absolute Gasteiger partial charge is 0.511 e. The number of nitrogens with one attached hydrogen (secondary N) is 1. The summed E-state index contributed by atoms with van der Waals surface area (Å²) in [7, 11) is -4.02. The maximum absolute atomic E-state index is 13.3. The van der Waals surface area contributed by atoms with Crippen molar-refractivity contribution in [2.75, 3.05) is 7.11 Å². The summed E-state index contributed by atoms with van der Waals surface area (Å²) in [6, 6.07) is 0. The van der Waals surface area contributed by atoms with Crippen LogP contribution in [-0.4, -0.2) is 148 Å². The second-order valence-corrected chi connectivity index (χ2v) is 34.3. The highest BCUT2D eigenvalue weighted by Gasteiger charge is 2.79. The summed E-state index contributed by atoms with van der Waals surface area (Å²) in [5, 5.41) is 37.6. The first-order valence-corrected chi connectivity index (χ1v) is 36.0. The van der Waals surface area contributed by atoms with Crippen molar-refractivity contribution in [3.05, 3.63) is 0 Å². The van der Waals surface area contributed by atoms with Gasteiger partial charge in [0.25, 0.3) is 22.4 Å². The van der Waals surface area contributed by atoms with E-state index in [4.69, 9.17) is 14.6 Å². The number of carbonyl (C=O) groups is 3. The summed E-state index contributed by atoms with van der Waals surface area (Å²) >= 11 is 0. The topological polar surface area (TPSA) is 206 Å². The average Bonchev–Trinajstić information content (AvgIpc) is 0.869. The molecule has 9 aliphatic rings. The van der Waals surface area contributed by atoms with Gasteiger partial charge in [-0.05, 0) is 216 Å². The van der Waals surface area contributed by atoms with E-state index in [1.165, 1.54) is 27.9 Å². The lowest BCUT2D eigenvalue weighted by atomic mass is 9.51. The number of carbonyl (C=O) groups excluding carboxylic acids is 3. The van der Waals surface area contributed by atoms with Crippen molar-refractivity contribution < 1.29 is 176 Å². The lowest BCUT2D eigenvalue weighted by Gasteiger charge is -2.61. The fraction of sp³-hybridized carbons (Fsp3) is 0.958. The van der Waals surface area contributed by atoms with E-state index in [2.05, 4.69) is 4.74 Å². The molecule has 0 heterocycles. The SMILES string of the molecule is C.C.C.C.C.CC1C2CC(CC(O)(C(F)(F)F)C(F)(F)F)C(C2)C1C.CCC(C)(C)C(=O)OC.CCC(C)(C)C(=O)OC12CC3CC(CC(NS(=O)(=O)C(F)(F)F)(C3)C1)C2.CCC(C)(C)C(=O)OC1CC(C(O)(C(F)(F)F)C(F)(F)F)CC(C(O)(C(F)(F)F)C(F)(F)F)C1.OC(CC1CC2CCC1C2)(C(F)(F)F)C(F)(F)F. The Morgan fingerprint density at radius 3 is 1.09 bits per heavy atom. The van der Waals surface area contributed by atoms with Gasteiger partial charge in [0.1, 0.15) is 11.7 Å². The van der Waals surface area contributed by atoms with Crippen LogP contribution in [0, 0.1) is 87.3 Å². The number of ether oxygens (including phenoxy) is 3. The zero-order valence-corrected chi connectivity index (χ0v) is 61.1. The molecular formula is C71H114F27NO12S. The fourth-order valence-corrected chi connectivity index (χ4v) is 17.8. The molecule has 112 heavy (non-hydrogen) atoms. The first-order chi connectivity index (χ1) is 47.5. The normalized spacial score (nSPS) is 29.0. The standard InChI is InChI=1S/C18H22F12O4.C17H26F3NO4S.C13H18F6O.C11H14F6O.C7H14O2.5CH4/c1-4-12(2,3)11(31)34-10-6-8(13(32,15(19,20)21)16(22,23)24)5-9(7-10)14(33,17(25,26)27)18(28,29)30;1-4-14(2,3)13(22)25-16-8-11-5-12(9-16)7-15(6-11,10-16)21-26(23,24)17(18,19)20;1-6-7(2)10-4-8(6)3-9(10)5-11(20,12(14,15)16)13(17,18)19;12-10(13,14)9(18,11(15,16)17)5-8-4-6-1-2-7(8)3-6;1-5-7(2,3)6(8)9-4;;;;;/h8-10,32-33H,4-7H2,1-3H3;11-12,21H,4-10H2,1-3H3;6-10,20H,3-5H2,1-2H3;6-8,18H,1-5H2;5H2,1-4H3;5*1H4. The maximum Gasteiger partial charge on any atom is 0.511 e. The van der Waals surface area contributed by atoms with E-state index in [9.17, 15) is 157 Å². The third kappa shape index (κ3) is 23.0. The lowest BCUT2D eigenvalue weighted by Crippen LogP contribution is -2.67. The molecule has 12 unspecified atom stereocenters. The number of alkyl halides is 27. The number of halogens is 27. The van der Waals surface area contributed by atoms with E-state index in [0.717, 1.165) is 19.3 Å². The summed E-state index contributed by atoms with van der Waals surface area (Å²) in [5.41, 5.74) is -30.5. The predicted octanol–water partition coefficient (Wildman–Crippen LogP) is 21.6. The molecule has 0 saturated heterocycles. The summed E-state index contributed by atoms with van der Waals surface area (Å²) < 4.78 is 390. The van der Waals surface area contributed by atoms with Crippen molar-refractivity contribution in [1.29, 1.82) is 0 Å². The molecule has 9 saturated carbocycles. The Bertz CT molecular complexity index is 3020. The van der Waals surface area contributed by atoms with Crippen LogP contribution in [0.3, 0.4) is 0 Å². The second-order valence-electron chi connectivity index (χ2n) is 32.6. The van der Waals surface area contributed by atoms with Crippen molar-refractivity contribution >= 4 is 27.9 Å². The van der Waals surface area contributed by atoms with Gasteiger partial charge in [-0.3, -0.25) is 14.4 Å². The highest BCUT2D eigenvalue weighted by Crippen LogP contribution is 2.64. The molecule has 41 heteroatoms. The molecule has 9 fully saturated rings. The second kappa shape index (κ2) is 36.5. The first-order valence-electron chi connectivity index (χ1n) is 34.5. The van der Waals surface area contributed by atoms with E-state index in [1.54, 1.807) is 13.8 Å². The van der Waals surface area contributed by atoms with Gasteiger partial charge in [-0.15, -0.1) is 0 Å². The molecule has 0 radical (unpaired) electrons. The first kappa shape index (κ1) is 110. The maximum atomic E-state index is 13.3. The van der Waals surface area contributed by atoms with Crippen LogP contribution < -0.4 is 4.72 Å². The van der Waals surface area contributed by atoms with Gasteiger partial charge in [0.2, 0.25) is 0 Å². The average molecular weight is 1720 g/mol. The molecule has 0 aromatic rings. The Labute approximate surface area is 637 Å². The number of hydrogen-bond donors (Lipinski definition) is 5. The smallest absolute Gasteiger partial charge is 0.469 e. The van der Waals surface area contributed by atoms with Gasteiger partial charge in [0, 0.05) is 23.8 Å². The van der Waals surface area contributed by atoms with E-state index >= 15 is 0 Å². The molecule has 0 spiro atoms. The van der Waals surface area contributed by atoms with Gasteiger partial charge in [-0.1, -0.05) is 78.2 Å². The summed E-state index contributed by atoms with van der Waals surface area (Å²) in [5.74, 6) is -9.15. The van der Waals surface area contributed by atoms with Gasteiger partial charge in [-0.25, -0.2) is 13.1 Å². The van der Waals surface area contributed by atoms with Crippen LogP contribution in [0.4, 0.5) is 119 Å². The molecule has 9 rings (SSSR count). The molecule has 0 amide bonds. The number of rotatable bonds is 16. The van der Waals surface area contributed by atoms with Gasteiger partial charge < -0.3 is 34.6 Å². The minimum atomic E-state index is -6.58. The molecule has 0 aliphatic heterocycles. The van der Waals surface area contributed by atoms with Crippen LogP contribution in [0.2, 0.25) is 0 Å². The van der Waals surface area contributed by atoms with Crippen LogP contribution in [0.25, 0.3) is 0 Å². The Morgan fingerprint density at radius 2 is 0.795 bits per heavy atom. The van der Waals surface area contributed by atoms with E-state index in [0.29, 0.717) is 70.1 Å². The van der Waals surface area contributed by atoms with Crippen molar-refractivity contribution in [2.45, 2.75) is 336 Å². The van der Waals surface area contributed by atoms with Crippen molar-refractivity contribution in [3.8, 4) is 0 Å². The molecule has 0 aromatic carbocycles. The van der Waals surface area contributed by atoms with Gasteiger partial charge in [-0.2, -0.15) is 119 Å². The van der Waals surface area contributed by atoms with Crippen LogP contribution in [0.1, 0.15) is 242 Å². The number of methoxy groups -OCH3 is 1. The Hall–Kier alpha value is -3.73. The molecule has 13 nitrogen and oxygen atoms in total. The van der Waals surface area contributed by atoms with Crippen molar-refractivity contribution in [1.82, 2.24) is 4.72 Å². The summed E-state index contributed by atoms with van der Waals surface area (Å²) in [6.07, 6.45) is -51.2. The van der Waals surface area contributed by atoms with E-state index < -0.39 is 177 Å². The highest BCUT2D eigenvalue weighted by molar-refractivity contribution is 7.90. The van der Waals surface area contributed by atoms with E-state index in [-0.39, 0.29) is 109 Å². The van der Waals surface area contributed by atoms with Crippen LogP contribution in [0.15, 0.2) is 0 Å². The minimum absolute atomic E-state index is 0. The Balaban J connectivity index is 0. The number of fused-ring (bicyclic) bond motifs is 4. The van der Waals surface area contributed by atoms with E-state index in [1.807, 2.05) is 46.3 Å². The number of esters is 3. The van der Waals surface area contributed by atoms with Gasteiger partial charge in [0.05, 0.1) is 23.4 Å².